The van der Waals surface area contributed by atoms with Gasteiger partial charge in [-0.05, 0) is 68.5 Å². The average molecular weight is 450 g/mol. The first-order valence-corrected chi connectivity index (χ1v) is 10.7. The maximum absolute atomic E-state index is 12.2. The number of methoxy groups -OCH3 is 1. The minimum atomic E-state index is -0.433. The molecule has 4 rings (SSSR count). The van der Waals surface area contributed by atoms with Crippen molar-refractivity contribution < 1.29 is 14.3 Å². The minimum absolute atomic E-state index is 0.182. The van der Waals surface area contributed by atoms with Gasteiger partial charge in [0.15, 0.2) is 0 Å². The van der Waals surface area contributed by atoms with Crippen LogP contribution < -0.4 is 4.74 Å². The molecule has 1 aromatic heterocycles. The van der Waals surface area contributed by atoms with Crippen LogP contribution in [0.15, 0.2) is 22.8 Å². The van der Waals surface area contributed by atoms with Crippen molar-refractivity contribution in [1.29, 1.82) is 0 Å². The zero-order chi connectivity index (χ0) is 20.1. The molecule has 2 aromatic rings. The summed E-state index contributed by atoms with van der Waals surface area (Å²) in [5, 5.41) is 5.91. The molecule has 1 aliphatic carbocycles. The lowest BCUT2D eigenvalue weighted by molar-refractivity contribution is -0.0538. The molecule has 0 radical (unpaired) electrons. The van der Waals surface area contributed by atoms with Crippen molar-refractivity contribution in [3.05, 3.63) is 22.8 Å². The largest absolute Gasteiger partial charge is 0.495 e. The molecule has 0 atom stereocenters. The van der Waals surface area contributed by atoms with Gasteiger partial charge in [0, 0.05) is 36.2 Å². The number of aromatic nitrogens is 2. The lowest BCUT2D eigenvalue weighted by Crippen LogP contribution is -2.60. The molecular weight excluding hydrogens is 422 g/mol. The highest BCUT2D eigenvalue weighted by Crippen LogP contribution is 2.47. The van der Waals surface area contributed by atoms with Gasteiger partial charge in [0.1, 0.15) is 11.4 Å². The summed E-state index contributed by atoms with van der Waals surface area (Å²) in [7, 11) is 1.67. The van der Waals surface area contributed by atoms with Crippen molar-refractivity contribution in [3.8, 4) is 5.75 Å². The molecule has 1 saturated heterocycles. The third kappa shape index (κ3) is 3.73. The molecule has 7 heteroatoms. The normalized spacial score (nSPS) is 19.7. The van der Waals surface area contributed by atoms with Crippen LogP contribution in [0.2, 0.25) is 0 Å². The van der Waals surface area contributed by atoms with Crippen LogP contribution in [-0.2, 0) is 4.74 Å². The number of carbonyl (C=O) groups is 1. The van der Waals surface area contributed by atoms with Gasteiger partial charge >= 0.3 is 6.09 Å². The molecule has 6 nitrogen and oxygen atoms in total. The highest BCUT2D eigenvalue weighted by Gasteiger charge is 2.48. The van der Waals surface area contributed by atoms with Crippen LogP contribution in [0.1, 0.15) is 52.5 Å². The van der Waals surface area contributed by atoms with Crippen LogP contribution in [0, 0.1) is 5.41 Å². The number of amides is 1. The molecule has 152 valence electrons. The summed E-state index contributed by atoms with van der Waals surface area (Å²) >= 11 is 3.55. The monoisotopic (exact) mass is 449 g/mol. The van der Waals surface area contributed by atoms with E-state index in [1.54, 1.807) is 7.11 Å². The summed E-state index contributed by atoms with van der Waals surface area (Å²) in [6.07, 6.45) is 6.39. The van der Waals surface area contributed by atoms with Gasteiger partial charge in [-0.1, -0.05) is 0 Å². The van der Waals surface area contributed by atoms with Crippen molar-refractivity contribution in [1.82, 2.24) is 14.7 Å². The molecule has 1 spiro atoms. The molecule has 1 amide bonds. The molecule has 0 bridgehead atoms. The zero-order valence-electron chi connectivity index (χ0n) is 17.0. The van der Waals surface area contributed by atoms with Crippen LogP contribution in [0.25, 0.3) is 10.9 Å². The van der Waals surface area contributed by atoms with E-state index in [1.807, 2.05) is 31.7 Å². The van der Waals surface area contributed by atoms with Gasteiger partial charge in [-0.15, -0.1) is 0 Å². The molecule has 2 fully saturated rings. The topological polar surface area (TPSA) is 56.6 Å². The first kappa shape index (κ1) is 19.6. The Bertz CT molecular complexity index is 886. The number of ether oxygens (including phenoxy) is 2. The number of benzene rings is 1. The smallest absolute Gasteiger partial charge is 0.410 e. The maximum Gasteiger partial charge on any atom is 0.410 e. The van der Waals surface area contributed by atoms with E-state index in [1.165, 1.54) is 0 Å². The standard InChI is InChI=1S/C21H28BrN3O3/c1-20(2,3)28-19(26)24-12-21(13-24)7-5-15(6-8-21)25-11-14-9-16(22)18(27-4)10-17(14)23-25/h9-11,15H,5-8,12-13H2,1-4H3. The molecule has 28 heavy (non-hydrogen) atoms. The van der Waals surface area contributed by atoms with Crippen LogP contribution in [0.5, 0.6) is 5.75 Å². The minimum Gasteiger partial charge on any atom is -0.495 e. The molecule has 1 aromatic carbocycles. The first-order valence-electron chi connectivity index (χ1n) is 9.88. The molecule has 2 heterocycles. The van der Waals surface area contributed by atoms with E-state index in [0.717, 1.165) is 59.9 Å². The van der Waals surface area contributed by atoms with E-state index in [2.05, 4.69) is 32.9 Å². The second kappa shape index (κ2) is 6.94. The number of nitrogens with zero attached hydrogens (tertiary/aromatic N) is 3. The molecular formula is C21H28BrN3O3. The molecule has 1 saturated carbocycles. The summed E-state index contributed by atoms with van der Waals surface area (Å²) < 4.78 is 13.9. The fourth-order valence-corrected chi connectivity index (χ4v) is 4.92. The van der Waals surface area contributed by atoms with Crippen molar-refractivity contribution in [3.63, 3.8) is 0 Å². The Morgan fingerprint density at radius 2 is 1.93 bits per heavy atom. The van der Waals surface area contributed by atoms with Gasteiger partial charge in [-0.25, -0.2) is 4.79 Å². The molecule has 0 N–H and O–H groups in total. The number of likely N-dealkylation sites (tertiary alicyclic amines) is 1. The van der Waals surface area contributed by atoms with Gasteiger partial charge in [-0.2, -0.15) is 5.10 Å². The lowest BCUT2D eigenvalue weighted by Gasteiger charge is -2.53. The Kier molecular flexibility index (Phi) is 4.84. The van der Waals surface area contributed by atoms with E-state index in [9.17, 15) is 4.79 Å². The van der Waals surface area contributed by atoms with Gasteiger partial charge in [0.05, 0.1) is 23.1 Å². The van der Waals surface area contributed by atoms with Crippen LogP contribution in [0.3, 0.4) is 0 Å². The van der Waals surface area contributed by atoms with Crippen LogP contribution in [0.4, 0.5) is 4.79 Å². The average Bonchev–Trinajstić information content (AvgIpc) is 3.00. The number of halogens is 1. The summed E-state index contributed by atoms with van der Waals surface area (Å²) in [6.45, 7) is 7.37. The van der Waals surface area contributed by atoms with Gasteiger partial charge in [0.25, 0.3) is 0 Å². The summed E-state index contributed by atoms with van der Waals surface area (Å²) in [6, 6.07) is 4.45. The summed E-state index contributed by atoms with van der Waals surface area (Å²) in [5.74, 6) is 0.803. The fraction of sp³-hybridized carbons (Fsp3) is 0.619. The Balaban J connectivity index is 1.37. The summed E-state index contributed by atoms with van der Waals surface area (Å²) in [5.41, 5.74) is 0.795. The van der Waals surface area contributed by atoms with Crippen molar-refractivity contribution in [2.24, 2.45) is 5.41 Å². The fourth-order valence-electron chi connectivity index (χ4n) is 4.40. The Morgan fingerprint density at radius 3 is 2.54 bits per heavy atom. The second-order valence-corrected chi connectivity index (χ2v) is 10.1. The number of hydrogen-bond donors (Lipinski definition) is 0. The van der Waals surface area contributed by atoms with Gasteiger partial charge in [-0.3, -0.25) is 4.68 Å². The van der Waals surface area contributed by atoms with E-state index in [4.69, 9.17) is 14.6 Å². The van der Waals surface area contributed by atoms with Crippen LogP contribution >= 0.6 is 15.9 Å². The first-order chi connectivity index (χ1) is 13.2. The highest BCUT2D eigenvalue weighted by molar-refractivity contribution is 9.10. The molecule has 1 aliphatic heterocycles. The van der Waals surface area contributed by atoms with Crippen molar-refractivity contribution in [2.75, 3.05) is 20.2 Å². The van der Waals surface area contributed by atoms with Gasteiger partial charge in [0.2, 0.25) is 0 Å². The predicted octanol–water partition coefficient (Wildman–Crippen LogP) is 5.16. The summed E-state index contributed by atoms with van der Waals surface area (Å²) in [4.78, 5) is 14.1. The second-order valence-electron chi connectivity index (χ2n) is 9.22. The number of carbonyl (C=O) groups excluding carboxylic acids is 1. The molecule has 2 aliphatic rings. The molecule has 0 unspecified atom stereocenters. The van der Waals surface area contributed by atoms with Crippen molar-refractivity contribution >= 4 is 32.9 Å². The van der Waals surface area contributed by atoms with Crippen molar-refractivity contribution in [2.45, 2.75) is 58.1 Å². The Labute approximate surface area is 174 Å². The highest BCUT2D eigenvalue weighted by atomic mass is 79.9. The van der Waals surface area contributed by atoms with E-state index >= 15 is 0 Å². The maximum atomic E-state index is 12.2. The van der Waals surface area contributed by atoms with E-state index in [0.29, 0.717) is 6.04 Å². The quantitative estimate of drug-likeness (QED) is 0.634. The van der Waals surface area contributed by atoms with E-state index in [-0.39, 0.29) is 11.5 Å². The zero-order valence-corrected chi connectivity index (χ0v) is 18.6. The number of hydrogen-bond acceptors (Lipinski definition) is 4. The predicted molar refractivity (Wildman–Crippen MR) is 112 cm³/mol. The number of fused-ring (bicyclic) bond motifs is 1. The Morgan fingerprint density at radius 1 is 1.25 bits per heavy atom. The number of rotatable bonds is 2. The SMILES string of the molecule is COc1cc2nn(C3CCC4(CC3)CN(C(=O)OC(C)(C)C)C4)cc2cc1Br. The third-order valence-corrected chi connectivity index (χ3v) is 6.51. The lowest BCUT2D eigenvalue weighted by atomic mass is 9.67. The van der Waals surface area contributed by atoms with Crippen LogP contribution in [-0.4, -0.2) is 46.6 Å². The van der Waals surface area contributed by atoms with E-state index < -0.39 is 5.60 Å². The third-order valence-electron chi connectivity index (χ3n) is 5.89. The van der Waals surface area contributed by atoms with Gasteiger partial charge < -0.3 is 14.4 Å². The Hall–Kier alpha value is -1.76.